The fraction of sp³-hybridized carbons (Fsp3) is 0.970. The summed E-state index contributed by atoms with van der Waals surface area (Å²) < 4.78 is 0. The van der Waals surface area contributed by atoms with Gasteiger partial charge in [-0.05, 0) is 18.6 Å². The van der Waals surface area contributed by atoms with E-state index in [9.17, 15) is 0 Å². The molecule has 0 heterocycles. The second kappa shape index (κ2) is 33.4. The maximum atomic E-state index is 2.49. The standard InChI is InChI=1S/C33H67S/c1-3-5-7-9-11-12-13-14-15-16-17-18-19-20-21-22-23-24-25-27-29-31-33-34-32-30-28-26-10-8-6-4-2/h33H,3-32H2,1-2H3. The Morgan fingerprint density at radius 3 is 0.912 bits per heavy atom. The number of hydrogen-bond donors (Lipinski definition) is 0. The second-order valence-electron chi connectivity index (χ2n) is 11.0. The number of unbranched alkanes of at least 4 members (excludes halogenated alkanes) is 27. The van der Waals surface area contributed by atoms with Gasteiger partial charge in [0.25, 0.3) is 0 Å². The maximum Gasteiger partial charge on any atom is 0.0166 e. The lowest BCUT2D eigenvalue weighted by molar-refractivity contribution is 0.520. The molecule has 0 aliphatic carbocycles. The molecular weight excluding hydrogens is 428 g/mol. The first-order valence-corrected chi connectivity index (χ1v) is 17.4. The van der Waals surface area contributed by atoms with Crippen LogP contribution in [0.2, 0.25) is 0 Å². The zero-order valence-corrected chi connectivity index (χ0v) is 25.0. The van der Waals surface area contributed by atoms with E-state index in [0.717, 1.165) is 0 Å². The van der Waals surface area contributed by atoms with Gasteiger partial charge in [-0.1, -0.05) is 187 Å². The molecule has 0 atom stereocenters. The van der Waals surface area contributed by atoms with E-state index >= 15 is 0 Å². The lowest BCUT2D eigenvalue weighted by atomic mass is 10.0. The molecule has 0 amide bonds. The van der Waals surface area contributed by atoms with Crippen molar-refractivity contribution in [3.05, 3.63) is 5.75 Å². The summed E-state index contributed by atoms with van der Waals surface area (Å²) in [6.45, 7) is 4.61. The van der Waals surface area contributed by atoms with Gasteiger partial charge in [0.1, 0.15) is 0 Å². The van der Waals surface area contributed by atoms with Gasteiger partial charge in [-0.2, -0.15) is 11.8 Å². The average molecular weight is 496 g/mol. The highest BCUT2D eigenvalue weighted by atomic mass is 32.2. The van der Waals surface area contributed by atoms with Crippen LogP contribution in [-0.2, 0) is 0 Å². The Labute approximate surface area is 223 Å². The highest BCUT2D eigenvalue weighted by molar-refractivity contribution is 8.01. The lowest BCUT2D eigenvalue weighted by Gasteiger charge is -2.04. The van der Waals surface area contributed by atoms with E-state index in [1.807, 2.05) is 0 Å². The molecule has 0 aromatic heterocycles. The molecule has 0 N–H and O–H groups in total. The highest BCUT2D eigenvalue weighted by Gasteiger charge is 1.97. The van der Waals surface area contributed by atoms with Gasteiger partial charge < -0.3 is 0 Å². The third kappa shape index (κ3) is 32.4. The van der Waals surface area contributed by atoms with Crippen LogP contribution in [0, 0.1) is 5.75 Å². The van der Waals surface area contributed by atoms with Crippen molar-refractivity contribution < 1.29 is 0 Å². The molecule has 0 rings (SSSR count). The molecule has 1 radical (unpaired) electrons. The van der Waals surface area contributed by atoms with Crippen LogP contribution >= 0.6 is 11.8 Å². The summed E-state index contributed by atoms with van der Waals surface area (Å²) in [5.41, 5.74) is 0. The highest BCUT2D eigenvalue weighted by Crippen LogP contribution is 2.18. The maximum absolute atomic E-state index is 2.49. The molecule has 0 aliphatic heterocycles. The van der Waals surface area contributed by atoms with E-state index in [4.69, 9.17) is 0 Å². The third-order valence-electron chi connectivity index (χ3n) is 7.41. The molecule has 205 valence electrons. The number of hydrogen-bond acceptors (Lipinski definition) is 1. The van der Waals surface area contributed by atoms with Crippen molar-refractivity contribution in [3.8, 4) is 0 Å². The van der Waals surface area contributed by atoms with Crippen LogP contribution in [0.5, 0.6) is 0 Å². The van der Waals surface area contributed by atoms with E-state index in [-0.39, 0.29) is 0 Å². The molecule has 0 saturated carbocycles. The normalized spacial score (nSPS) is 11.5. The van der Waals surface area contributed by atoms with Gasteiger partial charge in [-0.3, -0.25) is 0 Å². The minimum atomic E-state index is 1.33. The van der Waals surface area contributed by atoms with Crippen molar-refractivity contribution in [2.75, 3.05) is 5.75 Å². The summed E-state index contributed by atoms with van der Waals surface area (Å²) in [7, 11) is 0. The number of rotatable bonds is 31. The molecule has 0 aromatic rings. The summed E-state index contributed by atoms with van der Waals surface area (Å²) in [5.74, 6) is 3.85. The molecule has 0 aromatic carbocycles. The Kier molecular flexibility index (Phi) is 33.7. The van der Waals surface area contributed by atoms with Crippen molar-refractivity contribution in [1.82, 2.24) is 0 Å². The molecule has 0 aliphatic rings. The summed E-state index contributed by atoms with van der Waals surface area (Å²) in [6.07, 6.45) is 42.3. The van der Waals surface area contributed by atoms with Gasteiger partial charge in [0.2, 0.25) is 0 Å². The molecule has 1 heteroatoms. The van der Waals surface area contributed by atoms with Crippen molar-refractivity contribution in [2.45, 2.75) is 200 Å². The Balaban J connectivity index is 2.99. The van der Waals surface area contributed by atoms with Crippen LogP contribution in [0.4, 0.5) is 0 Å². The van der Waals surface area contributed by atoms with Crippen molar-refractivity contribution in [1.29, 1.82) is 0 Å². The summed E-state index contributed by atoms with van der Waals surface area (Å²) in [5, 5.41) is 0. The monoisotopic (exact) mass is 495 g/mol. The van der Waals surface area contributed by atoms with Crippen LogP contribution in [-0.4, -0.2) is 5.75 Å². The van der Waals surface area contributed by atoms with Gasteiger partial charge in [0, 0.05) is 5.75 Å². The van der Waals surface area contributed by atoms with Gasteiger partial charge in [-0.15, -0.1) is 0 Å². The van der Waals surface area contributed by atoms with Crippen LogP contribution in [0.1, 0.15) is 200 Å². The Hall–Kier alpha value is 0.350. The lowest BCUT2D eigenvalue weighted by Crippen LogP contribution is -1.85. The van der Waals surface area contributed by atoms with Crippen LogP contribution in [0.25, 0.3) is 0 Å². The topological polar surface area (TPSA) is 0 Å². The quantitative estimate of drug-likeness (QED) is 0.0861. The zero-order chi connectivity index (χ0) is 24.6. The molecular formula is C33H67S. The Bertz CT molecular complexity index is 295. The van der Waals surface area contributed by atoms with Gasteiger partial charge >= 0.3 is 0 Å². The third-order valence-corrected chi connectivity index (χ3v) is 8.40. The van der Waals surface area contributed by atoms with Gasteiger partial charge in [-0.25, -0.2) is 0 Å². The molecule has 0 unspecified atom stereocenters. The summed E-state index contributed by atoms with van der Waals surface area (Å²) in [4.78, 5) is 0. The van der Waals surface area contributed by atoms with E-state index < -0.39 is 0 Å². The van der Waals surface area contributed by atoms with Crippen molar-refractivity contribution in [3.63, 3.8) is 0 Å². The molecule has 0 nitrogen and oxygen atoms in total. The average Bonchev–Trinajstić information content (AvgIpc) is 2.85. The Morgan fingerprint density at radius 1 is 0.324 bits per heavy atom. The van der Waals surface area contributed by atoms with Gasteiger partial charge in [0.15, 0.2) is 0 Å². The van der Waals surface area contributed by atoms with Crippen molar-refractivity contribution in [2.24, 2.45) is 0 Å². The summed E-state index contributed by atoms with van der Waals surface area (Å²) in [6, 6.07) is 0. The molecule has 34 heavy (non-hydrogen) atoms. The van der Waals surface area contributed by atoms with Crippen molar-refractivity contribution >= 4 is 11.8 Å². The minimum absolute atomic E-state index is 1.33. The predicted molar refractivity (Wildman–Crippen MR) is 162 cm³/mol. The Morgan fingerprint density at radius 2 is 0.588 bits per heavy atom. The molecule has 0 bridgehead atoms. The van der Waals surface area contributed by atoms with E-state index in [2.05, 4.69) is 31.4 Å². The SMILES string of the molecule is CCCCCCCCCCCCCCCCCCCCCCC[CH]SCCCCCCCCC. The minimum Gasteiger partial charge on any atom is -0.157 e. The van der Waals surface area contributed by atoms with Crippen LogP contribution < -0.4 is 0 Å². The van der Waals surface area contributed by atoms with E-state index in [0.29, 0.717) is 0 Å². The predicted octanol–water partition coefficient (Wildman–Crippen LogP) is 13.2. The van der Waals surface area contributed by atoms with Crippen LogP contribution in [0.15, 0.2) is 0 Å². The first-order valence-electron chi connectivity index (χ1n) is 16.3. The fourth-order valence-corrected chi connectivity index (χ4v) is 5.84. The summed E-state index contributed by atoms with van der Waals surface area (Å²) >= 11 is 2.09. The largest absolute Gasteiger partial charge is 0.157 e. The molecule has 0 saturated heterocycles. The first-order chi connectivity index (χ1) is 16.9. The van der Waals surface area contributed by atoms with Gasteiger partial charge in [0.05, 0.1) is 0 Å². The first kappa shape index (κ1) is 34.4. The molecule has 0 fully saturated rings. The zero-order valence-electron chi connectivity index (χ0n) is 24.2. The van der Waals surface area contributed by atoms with E-state index in [1.165, 1.54) is 192 Å². The van der Waals surface area contributed by atoms with E-state index in [1.54, 1.807) is 0 Å². The smallest absolute Gasteiger partial charge is 0.0166 e. The molecule has 0 spiro atoms. The number of thioether (sulfide) groups is 1. The van der Waals surface area contributed by atoms with Crippen LogP contribution in [0.3, 0.4) is 0 Å². The fourth-order valence-electron chi connectivity index (χ4n) is 4.97. The second-order valence-corrected chi connectivity index (χ2v) is 12.1.